The van der Waals surface area contributed by atoms with Gasteiger partial charge in [-0.3, -0.25) is 14.9 Å². The van der Waals surface area contributed by atoms with E-state index >= 15 is 0 Å². The van der Waals surface area contributed by atoms with Crippen LogP contribution in [0.4, 0.5) is 16.4 Å². The number of nitro benzene ring substituents is 1. The number of hydrogen-bond donors (Lipinski definition) is 1. The van der Waals surface area contributed by atoms with Gasteiger partial charge < -0.3 is 14.5 Å². The van der Waals surface area contributed by atoms with Gasteiger partial charge in [0.1, 0.15) is 22.3 Å². The van der Waals surface area contributed by atoms with Gasteiger partial charge in [0.05, 0.1) is 35.4 Å². The van der Waals surface area contributed by atoms with Crippen molar-refractivity contribution in [3.8, 4) is 17.1 Å². The lowest BCUT2D eigenvalue weighted by atomic mass is 9.72. The monoisotopic (exact) mass is 557 g/mol. The summed E-state index contributed by atoms with van der Waals surface area (Å²) in [5, 5.41) is 15.3. The lowest BCUT2D eigenvalue weighted by Gasteiger charge is -2.33. The van der Waals surface area contributed by atoms with Crippen molar-refractivity contribution < 1.29 is 18.9 Å². The molecule has 8 nitrogen and oxygen atoms in total. The van der Waals surface area contributed by atoms with E-state index in [4.69, 9.17) is 14.1 Å². The fraction of sp³-hybridized carbons (Fsp3) is 0.290. The number of hydrogen-bond acceptors (Lipinski definition) is 7. The topological polar surface area (TPSA) is 107 Å². The third-order valence-electron chi connectivity index (χ3n) is 7.33. The zero-order valence-corrected chi connectivity index (χ0v) is 23.7. The molecule has 9 heteroatoms. The lowest BCUT2D eigenvalue weighted by Crippen LogP contribution is -2.27. The first kappa shape index (κ1) is 27.3. The molecular formula is C31H31N3O5S. The van der Waals surface area contributed by atoms with E-state index in [0.717, 1.165) is 30.5 Å². The fourth-order valence-corrected chi connectivity index (χ4v) is 6.31. The number of nitrogens with zero attached hydrogens (tertiary/aromatic N) is 2. The van der Waals surface area contributed by atoms with E-state index in [1.807, 2.05) is 30.3 Å². The number of amides is 1. The number of benzene rings is 2. The second-order valence-corrected chi connectivity index (χ2v) is 12.0. The van der Waals surface area contributed by atoms with Crippen LogP contribution in [0.15, 0.2) is 70.1 Å². The van der Waals surface area contributed by atoms with Gasteiger partial charge >= 0.3 is 0 Å². The summed E-state index contributed by atoms with van der Waals surface area (Å²) in [6, 6.07) is 17.4. The highest BCUT2D eigenvalue weighted by Crippen LogP contribution is 2.45. The van der Waals surface area contributed by atoms with E-state index in [2.05, 4.69) is 26.1 Å². The zero-order chi connectivity index (χ0) is 28.4. The molecule has 2 heterocycles. The molecule has 0 radical (unpaired) electrons. The molecule has 5 rings (SSSR count). The van der Waals surface area contributed by atoms with E-state index in [9.17, 15) is 14.9 Å². The van der Waals surface area contributed by atoms with Crippen LogP contribution < -0.4 is 10.1 Å². The maximum Gasteiger partial charge on any atom is 0.284 e. The highest BCUT2D eigenvalue weighted by molar-refractivity contribution is 7.16. The number of para-hydroxylation sites is 1. The molecule has 0 saturated carbocycles. The van der Waals surface area contributed by atoms with Crippen LogP contribution in [0.1, 0.15) is 53.8 Å². The lowest BCUT2D eigenvalue weighted by molar-refractivity contribution is -0.384. The number of ether oxygens (including phenoxy) is 1. The van der Waals surface area contributed by atoms with Gasteiger partial charge in [-0.25, -0.2) is 4.99 Å². The molecule has 0 saturated heterocycles. The molecule has 1 amide bonds. The minimum Gasteiger partial charge on any atom is -0.497 e. The Morgan fingerprint density at radius 3 is 2.65 bits per heavy atom. The standard InChI is InChI=1S/C31H31N3O5S/c1-31(2,3)19-10-13-24-27(16-19)40-30(28(24)29(35)33-20-8-6-5-7-9-20)32-18-22-12-15-26(39-22)23-14-11-21(38-4)17-25(23)34(36)37/h5-9,11-12,14-15,17-19H,10,13,16H2,1-4H3,(H,33,35)/t19-/m1/s1. The van der Waals surface area contributed by atoms with E-state index in [0.29, 0.717) is 39.3 Å². The molecule has 4 aromatic rings. The second-order valence-electron chi connectivity index (χ2n) is 10.9. The van der Waals surface area contributed by atoms with Gasteiger partial charge in [0.25, 0.3) is 11.6 Å². The number of rotatable bonds is 7. The van der Waals surface area contributed by atoms with Gasteiger partial charge in [0.15, 0.2) is 0 Å². The van der Waals surface area contributed by atoms with Crippen molar-refractivity contribution in [2.75, 3.05) is 12.4 Å². The minimum absolute atomic E-state index is 0.114. The van der Waals surface area contributed by atoms with Crippen LogP contribution in [0.5, 0.6) is 5.75 Å². The van der Waals surface area contributed by atoms with Crippen molar-refractivity contribution in [2.24, 2.45) is 16.3 Å². The SMILES string of the molecule is COc1ccc(-c2ccc(C=Nc3sc4c(c3C(=O)Nc3ccccc3)CC[C@@H](C(C)(C)C)C4)o2)c([N+](=O)[O-])c1. The molecule has 0 spiro atoms. The number of furan rings is 1. The predicted molar refractivity (Wildman–Crippen MR) is 158 cm³/mol. The molecule has 0 aliphatic heterocycles. The van der Waals surface area contributed by atoms with Gasteiger partial charge in [0, 0.05) is 10.6 Å². The Bertz CT molecular complexity index is 1580. The smallest absolute Gasteiger partial charge is 0.284 e. The summed E-state index contributed by atoms with van der Waals surface area (Å²) < 4.78 is 11.1. The van der Waals surface area contributed by atoms with Gasteiger partial charge in [-0.05, 0) is 72.6 Å². The zero-order valence-electron chi connectivity index (χ0n) is 22.9. The van der Waals surface area contributed by atoms with Crippen molar-refractivity contribution in [2.45, 2.75) is 40.0 Å². The fourth-order valence-electron chi connectivity index (χ4n) is 5.04. The Labute approximate surface area is 236 Å². The molecule has 2 aromatic carbocycles. The number of anilines is 1. The normalized spacial score (nSPS) is 15.2. The molecular weight excluding hydrogens is 526 g/mol. The van der Waals surface area contributed by atoms with Gasteiger partial charge in [-0.1, -0.05) is 39.0 Å². The summed E-state index contributed by atoms with van der Waals surface area (Å²) in [6.07, 6.45) is 4.32. The summed E-state index contributed by atoms with van der Waals surface area (Å²) in [6.45, 7) is 6.79. The van der Waals surface area contributed by atoms with Gasteiger partial charge in [-0.2, -0.15) is 0 Å². The molecule has 1 aliphatic carbocycles. The Morgan fingerprint density at radius 2 is 1.95 bits per heavy atom. The maximum atomic E-state index is 13.5. The van der Waals surface area contributed by atoms with Crippen LogP contribution in [-0.4, -0.2) is 24.2 Å². The van der Waals surface area contributed by atoms with Crippen molar-refractivity contribution in [3.63, 3.8) is 0 Å². The first-order valence-electron chi connectivity index (χ1n) is 13.1. The van der Waals surface area contributed by atoms with E-state index < -0.39 is 4.92 Å². The largest absolute Gasteiger partial charge is 0.497 e. The summed E-state index contributed by atoms with van der Waals surface area (Å²) in [7, 11) is 1.46. The van der Waals surface area contributed by atoms with Crippen LogP contribution in [0.3, 0.4) is 0 Å². The molecule has 206 valence electrons. The molecule has 2 aromatic heterocycles. The van der Waals surface area contributed by atoms with Crippen LogP contribution in [0.25, 0.3) is 11.3 Å². The first-order valence-corrected chi connectivity index (χ1v) is 13.9. The predicted octanol–water partition coefficient (Wildman–Crippen LogP) is 8.08. The van der Waals surface area contributed by atoms with Gasteiger partial charge in [-0.15, -0.1) is 11.3 Å². The summed E-state index contributed by atoms with van der Waals surface area (Å²) in [5.74, 6) is 1.50. The maximum absolute atomic E-state index is 13.5. The van der Waals surface area contributed by atoms with Crippen molar-refractivity contribution >= 4 is 39.8 Å². The molecule has 1 N–H and O–H groups in total. The quantitative estimate of drug-likeness (QED) is 0.140. The molecule has 40 heavy (non-hydrogen) atoms. The van der Waals surface area contributed by atoms with Crippen molar-refractivity contribution in [1.82, 2.24) is 0 Å². The number of nitrogens with one attached hydrogen (secondary N) is 1. The number of fused-ring (bicyclic) bond motifs is 1. The van der Waals surface area contributed by atoms with E-state index in [1.165, 1.54) is 18.1 Å². The second kappa shape index (κ2) is 11.1. The number of nitro groups is 1. The summed E-state index contributed by atoms with van der Waals surface area (Å²) >= 11 is 1.55. The molecule has 0 bridgehead atoms. The highest BCUT2D eigenvalue weighted by atomic mass is 32.1. The van der Waals surface area contributed by atoms with Crippen LogP contribution in [0.2, 0.25) is 0 Å². The molecule has 0 fully saturated rings. The Kier molecular flexibility index (Phi) is 7.58. The third kappa shape index (κ3) is 5.70. The minimum atomic E-state index is -0.465. The molecule has 1 aliphatic rings. The van der Waals surface area contributed by atoms with Crippen molar-refractivity contribution in [3.05, 3.63) is 92.5 Å². The van der Waals surface area contributed by atoms with Crippen molar-refractivity contribution in [1.29, 1.82) is 0 Å². The third-order valence-corrected chi connectivity index (χ3v) is 8.50. The van der Waals surface area contributed by atoms with Crippen LogP contribution in [-0.2, 0) is 12.8 Å². The number of carbonyl (C=O) groups excluding carboxylic acids is 1. The molecule has 1 atom stereocenters. The Morgan fingerprint density at radius 1 is 1.18 bits per heavy atom. The van der Waals surface area contributed by atoms with E-state index in [1.54, 1.807) is 41.8 Å². The number of methoxy groups -OCH3 is 1. The summed E-state index contributed by atoms with van der Waals surface area (Å²) in [4.78, 5) is 30.6. The van der Waals surface area contributed by atoms with Gasteiger partial charge in [0.2, 0.25) is 0 Å². The molecule has 0 unspecified atom stereocenters. The number of aliphatic imine (C=N–C) groups is 1. The average molecular weight is 558 g/mol. The van der Waals surface area contributed by atoms with E-state index in [-0.39, 0.29) is 17.0 Å². The summed E-state index contributed by atoms with van der Waals surface area (Å²) in [5.41, 5.74) is 2.80. The number of thiophene rings is 1. The highest BCUT2D eigenvalue weighted by Gasteiger charge is 2.33. The first-order chi connectivity index (χ1) is 19.1. The van der Waals surface area contributed by atoms with Crippen LogP contribution in [0, 0.1) is 21.4 Å². The van der Waals surface area contributed by atoms with Crippen LogP contribution >= 0.6 is 11.3 Å². The Hall–Kier alpha value is -4.24. The number of carbonyl (C=O) groups is 1. The average Bonchev–Trinajstić information content (AvgIpc) is 3.55. The Balaban J connectivity index is 1.47.